The third-order valence-corrected chi connectivity index (χ3v) is 4.24. The van der Waals surface area contributed by atoms with Crippen molar-refractivity contribution in [2.45, 2.75) is 39.2 Å². The first-order valence-corrected chi connectivity index (χ1v) is 8.06. The largest absolute Gasteiger partial charge is 0.494 e. The van der Waals surface area contributed by atoms with Crippen LogP contribution in [0, 0.1) is 11.8 Å². The molecular formula is C16H24BrNO. The van der Waals surface area contributed by atoms with Gasteiger partial charge in [0.2, 0.25) is 0 Å². The van der Waals surface area contributed by atoms with Gasteiger partial charge in [0.05, 0.1) is 6.61 Å². The van der Waals surface area contributed by atoms with Gasteiger partial charge in [0, 0.05) is 10.5 Å². The number of rotatable bonds is 8. The lowest BCUT2D eigenvalue weighted by Gasteiger charge is -2.21. The van der Waals surface area contributed by atoms with Crippen LogP contribution in [0.4, 0.5) is 0 Å². The van der Waals surface area contributed by atoms with E-state index >= 15 is 0 Å². The second-order valence-corrected chi connectivity index (χ2v) is 6.70. The van der Waals surface area contributed by atoms with Crippen molar-refractivity contribution in [1.82, 2.24) is 5.32 Å². The van der Waals surface area contributed by atoms with E-state index in [4.69, 9.17) is 4.74 Å². The Labute approximate surface area is 125 Å². The van der Waals surface area contributed by atoms with Crippen LogP contribution in [0.25, 0.3) is 0 Å². The average Bonchev–Trinajstić information content (AvgIpc) is 3.17. The highest BCUT2D eigenvalue weighted by atomic mass is 79.9. The molecule has 0 aromatic heterocycles. The van der Waals surface area contributed by atoms with Crippen molar-refractivity contribution in [3.63, 3.8) is 0 Å². The molecule has 0 radical (unpaired) electrons. The monoisotopic (exact) mass is 325 g/mol. The lowest BCUT2D eigenvalue weighted by molar-refractivity contribution is 0.243. The zero-order valence-electron chi connectivity index (χ0n) is 11.9. The quantitative estimate of drug-likeness (QED) is 0.771. The molecule has 2 rings (SSSR count). The highest BCUT2D eigenvalue weighted by molar-refractivity contribution is 9.10. The molecule has 1 unspecified atom stereocenters. The molecule has 106 valence electrons. The van der Waals surface area contributed by atoms with Gasteiger partial charge in [0.25, 0.3) is 0 Å². The van der Waals surface area contributed by atoms with Gasteiger partial charge in [-0.1, -0.05) is 35.8 Å². The van der Waals surface area contributed by atoms with Crippen LogP contribution < -0.4 is 10.1 Å². The first-order chi connectivity index (χ1) is 9.15. The van der Waals surface area contributed by atoms with E-state index in [2.05, 4.69) is 35.1 Å². The second-order valence-electron chi connectivity index (χ2n) is 5.78. The number of nitrogens with one attached hydrogen (secondary N) is 1. The smallest absolute Gasteiger partial charge is 0.120 e. The Morgan fingerprint density at radius 2 is 2.16 bits per heavy atom. The van der Waals surface area contributed by atoms with Gasteiger partial charge in [-0.05, 0) is 55.8 Å². The van der Waals surface area contributed by atoms with Crippen molar-refractivity contribution in [2.24, 2.45) is 11.8 Å². The molecule has 0 saturated heterocycles. The Morgan fingerprint density at radius 3 is 2.79 bits per heavy atom. The standard InChI is InChI=1S/C16H24BrNO/c1-12(2)13(11-18-15-6-7-15)8-9-19-16-5-3-4-14(17)10-16/h3-5,10,12-13,15,18H,6-9,11H2,1-2H3. The molecule has 0 heterocycles. The Bertz CT molecular complexity index is 390. The van der Waals surface area contributed by atoms with Crippen LogP contribution in [0.2, 0.25) is 0 Å². The highest BCUT2D eigenvalue weighted by Crippen LogP contribution is 2.22. The zero-order valence-corrected chi connectivity index (χ0v) is 13.4. The van der Waals surface area contributed by atoms with Gasteiger partial charge in [-0.25, -0.2) is 0 Å². The fourth-order valence-corrected chi connectivity index (χ4v) is 2.54. The van der Waals surface area contributed by atoms with Crippen molar-refractivity contribution in [3.8, 4) is 5.75 Å². The Hall–Kier alpha value is -0.540. The lowest BCUT2D eigenvalue weighted by atomic mass is 9.93. The first-order valence-electron chi connectivity index (χ1n) is 7.27. The number of hydrogen-bond acceptors (Lipinski definition) is 2. The molecule has 19 heavy (non-hydrogen) atoms. The molecule has 0 spiro atoms. The normalized spacial score (nSPS) is 16.6. The molecule has 1 atom stereocenters. The molecule has 1 aliphatic rings. The van der Waals surface area contributed by atoms with Gasteiger partial charge in [-0.2, -0.15) is 0 Å². The fourth-order valence-electron chi connectivity index (χ4n) is 2.16. The van der Waals surface area contributed by atoms with Crippen molar-refractivity contribution < 1.29 is 4.74 Å². The summed E-state index contributed by atoms with van der Waals surface area (Å²) >= 11 is 3.46. The topological polar surface area (TPSA) is 21.3 Å². The maximum absolute atomic E-state index is 5.83. The summed E-state index contributed by atoms with van der Waals surface area (Å²) in [6, 6.07) is 8.86. The van der Waals surface area contributed by atoms with E-state index in [1.54, 1.807) is 0 Å². The Morgan fingerprint density at radius 1 is 1.37 bits per heavy atom. The van der Waals surface area contributed by atoms with Gasteiger partial charge >= 0.3 is 0 Å². The predicted octanol–water partition coefficient (Wildman–Crippen LogP) is 4.24. The van der Waals surface area contributed by atoms with Gasteiger partial charge < -0.3 is 10.1 Å². The van der Waals surface area contributed by atoms with E-state index in [-0.39, 0.29) is 0 Å². The Balaban J connectivity index is 1.71. The predicted molar refractivity (Wildman–Crippen MR) is 83.6 cm³/mol. The minimum atomic E-state index is 0.702. The van der Waals surface area contributed by atoms with Crippen molar-refractivity contribution in [3.05, 3.63) is 28.7 Å². The SMILES string of the molecule is CC(C)C(CCOc1cccc(Br)c1)CNC1CC1. The second kappa shape index (κ2) is 7.30. The van der Waals surface area contributed by atoms with E-state index in [0.717, 1.165) is 35.8 Å². The Kier molecular flexibility index (Phi) is 5.71. The zero-order chi connectivity index (χ0) is 13.7. The summed E-state index contributed by atoms with van der Waals surface area (Å²) in [4.78, 5) is 0. The lowest BCUT2D eigenvalue weighted by Crippen LogP contribution is -2.29. The minimum absolute atomic E-state index is 0.702. The van der Waals surface area contributed by atoms with E-state index in [9.17, 15) is 0 Å². The molecule has 0 aliphatic heterocycles. The summed E-state index contributed by atoms with van der Waals surface area (Å²) < 4.78 is 6.90. The van der Waals surface area contributed by atoms with Crippen molar-refractivity contribution >= 4 is 15.9 Å². The van der Waals surface area contributed by atoms with Gasteiger partial charge in [-0.15, -0.1) is 0 Å². The van der Waals surface area contributed by atoms with E-state index in [1.165, 1.54) is 12.8 Å². The molecule has 1 saturated carbocycles. The number of halogens is 1. The molecule has 1 N–H and O–H groups in total. The highest BCUT2D eigenvalue weighted by Gasteiger charge is 2.22. The van der Waals surface area contributed by atoms with E-state index in [1.807, 2.05) is 24.3 Å². The van der Waals surface area contributed by atoms with Crippen LogP contribution >= 0.6 is 15.9 Å². The molecule has 3 heteroatoms. The molecule has 1 aliphatic carbocycles. The van der Waals surface area contributed by atoms with Crippen molar-refractivity contribution in [2.75, 3.05) is 13.2 Å². The molecule has 1 fully saturated rings. The summed E-state index contributed by atoms with van der Waals surface area (Å²) in [5, 5.41) is 3.63. The van der Waals surface area contributed by atoms with E-state index < -0.39 is 0 Å². The maximum atomic E-state index is 5.83. The van der Waals surface area contributed by atoms with Crippen LogP contribution in [0.15, 0.2) is 28.7 Å². The fraction of sp³-hybridized carbons (Fsp3) is 0.625. The first kappa shape index (κ1) is 14.9. The van der Waals surface area contributed by atoms with Crippen LogP contribution in [0.1, 0.15) is 33.1 Å². The van der Waals surface area contributed by atoms with Gasteiger partial charge in [0.1, 0.15) is 5.75 Å². The van der Waals surface area contributed by atoms with Crippen LogP contribution in [-0.4, -0.2) is 19.2 Å². The van der Waals surface area contributed by atoms with Crippen molar-refractivity contribution in [1.29, 1.82) is 0 Å². The minimum Gasteiger partial charge on any atom is -0.494 e. The molecule has 0 bridgehead atoms. The maximum Gasteiger partial charge on any atom is 0.120 e. The summed E-state index contributed by atoms with van der Waals surface area (Å²) in [6.45, 7) is 6.53. The summed E-state index contributed by atoms with van der Waals surface area (Å²) in [5.74, 6) is 2.36. The van der Waals surface area contributed by atoms with Crippen LogP contribution in [-0.2, 0) is 0 Å². The number of ether oxygens (including phenoxy) is 1. The van der Waals surface area contributed by atoms with Gasteiger partial charge in [0.15, 0.2) is 0 Å². The molecular weight excluding hydrogens is 302 g/mol. The van der Waals surface area contributed by atoms with Gasteiger partial charge in [-0.3, -0.25) is 0 Å². The molecule has 1 aromatic carbocycles. The number of hydrogen-bond donors (Lipinski definition) is 1. The summed E-state index contributed by atoms with van der Waals surface area (Å²) in [5.41, 5.74) is 0. The molecule has 2 nitrogen and oxygen atoms in total. The third kappa shape index (κ3) is 5.53. The number of benzene rings is 1. The molecule has 1 aromatic rings. The van der Waals surface area contributed by atoms with E-state index in [0.29, 0.717) is 11.8 Å². The van der Waals surface area contributed by atoms with Crippen LogP contribution in [0.3, 0.4) is 0 Å². The summed E-state index contributed by atoms with van der Waals surface area (Å²) in [6.07, 6.45) is 3.84. The van der Waals surface area contributed by atoms with Crippen LogP contribution in [0.5, 0.6) is 5.75 Å². The summed E-state index contributed by atoms with van der Waals surface area (Å²) in [7, 11) is 0. The molecule has 0 amide bonds. The average molecular weight is 326 g/mol. The third-order valence-electron chi connectivity index (χ3n) is 3.74.